The molecule has 2 nitrogen and oxygen atoms in total. The van der Waals surface area contributed by atoms with Crippen LogP contribution in [0.4, 0.5) is 8.22 Å². The van der Waals surface area contributed by atoms with Crippen molar-refractivity contribution in [3.8, 4) is 0 Å². The molecular formula is C14H30F2N2Si. The molecule has 0 amide bonds. The third-order valence-corrected chi connectivity index (χ3v) is 6.25. The molecule has 5 heteroatoms. The Bertz CT molecular complexity index is 344. The summed E-state index contributed by atoms with van der Waals surface area (Å²) in [5.41, 5.74) is -0.152. The number of hydrogen-bond donors (Lipinski definition) is 0. The highest BCUT2D eigenvalue weighted by Crippen LogP contribution is 2.43. The third kappa shape index (κ3) is 4.55. The Morgan fingerprint density at radius 2 is 1.26 bits per heavy atom. The Labute approximate surface area is 118 Å². The molecule has 0 unspecified atom stereocenters. The smallest absolute Gasteiger partial charge is 0.263 e. The van der Waals surface area contributed by atoms with Gasteiger partial charge in [-0.1, -0.05) is 41.5 Å². The molecule has 0 heterocycles. The second-order valence-corrected chi connectivity index (χ2v) is 11.2. The van der Waals surface area contributed by atoms with E-state index in [1.54, 1.807) is 41.5 Å². The molecular weight excluding hydrogens is 262 g/mol. The fraction of sp³-hybridized carbons (Fsp3) is 0.929. The molecule has 0 aromatic heterocycles. The van der Waals surface area contributed by atoms with Crippen LogP contribution in [-0.2, 0) is 0 Å². The van der Waals surface area contributed by atoms with Gasteiger partial charge in [-0.2, -0.15) is 5.10 Å². The van der Waals surface area contributed by atoms with Gasteiger partial charge < -0.3 is 0 Å². The van der Waals surface area contributed by atoms with Crippen molar-refractivity contribution in [1.29, 1.82) is 0 Å². The van der Waals surface area contributed by atoms with E-state index in [0.717, 1.165) is 10.4 Å². The maximum atomic E-state index is 14.8. The van der Waals surface area contributed by atoms with Crippen LogP contribution < -0.4 is 0 Å². The average Bonchev–Trinajstić information content (AvgIpc) is 2.07. The molecule has 0 aromatic rings. The molecule has 0 N–H and O–H groups in total. The molecule has 0 fully saturated rings. The first-order valence-electron chi connectivity index (χ1n) is 6.75. The minimum absolute atomic E-state index is 0.203. The molecule has 19 heavy (non-hydrogen) atoms. The summed E-state index contributed by atoms with van der Waals surface area (Å²) in [6.45, 7) is 18.0. The summed E-state index contributed by atoms with van der Waals surface area (Å²) in [6.07, 6.45) is 0. The van der Waals surface area contributed by atoms with Crippen molar-refractivity contribution < 1.29 is 8.22 Å². The van der Waals surface area contributed by atoms with Crippen molar-refractivity contribution in [2.45, 2.75) is 79.8 Å². The van der Waals surface area contributed by atoms with Crippen LogP contribution in [0.25, 0.3) is 0 Å². The summed E-state index contributed by atoms with van der Waals surface area (Å²) in [6, 6.07) is 0. The van der Waals surface area contributed by atoms with Gasteiger partial charge in [0.1, 0.15) is 0 Å². The number of nitrogens with zero attached hydrogens (tertiary/aromatic N) is 2. The lowest BCUT2D eigenvalue weighted by atomic mass is 9.91. The van der Waals surface area contributed by atoms with Crippen LogP contribution in [0, 0.1) is 5.41 Å². The van der Waals surface area contributed by atoms with Gasteiger partial charge in [0, 0.05) is 21.7 Å². The van der Waals surface area contributed by atoms with Crippen molar-refractivity contribution in [2.24, 2.45) is 10.5 Å². The van der Waals surface area contributed by atoms with E-state index < -0.39 is 19.5 Å². The van der Waals surface area contributed by atoms with Gasteiger partial charge in [0.25, 0.3) is 0 Å². The molecule has 0 aromatic carbocycles. The van der Waals surface area contributed by atoms with Crippen LogP contribution in [0.1, 0.15) is 69.2 Å². The molecule has 0 bridgehead atoms. The van der Waals surface area contributed by atoms with E-state index in [4.69, 9.17) is 0 Å². The topological polar surface area (TPSA) is 15.6 Å². The van der Waals surface area contributed by atoms with E-state index in [-0.39, 0.29) is 5.41 Å². The van der Waals surface area contributed by atoms with Crippen molar-refractivity contribution >= 4 is 14.6 Å². The summed E-state index contributed by atoms with van der Waals surface area (Å²) >= 11 is 0. The van der Waals surface area contributed by atoms with Gasteiger partial charge in [-0.15, -0.1) is 0 Å². The Morgan fingerprint density at radius 1 is 0.895 bits per heavy atom. The number of rotatable bonds is 2. The van der Waals surface area contributed by atoms with Crippen LogP contribution >= 0.6 is 0 Å². The van der Waals surface area contributed by atoms with Crippen molar-refractivity contribution in [3.63, 3.8) is 0 Å². The van der Waals surface area contributed by atoms with Crippen LogP contribution in [0.5, 0.6) is 0 Å². The van der Waals surface area contributed by atoms with Crippen LogP contribution in [0.3, 0.4) is 0 Å². The number of halogens is 2. The first kappa shape index (κ1) is 18.5. The minimum Gasteiger partial charge on any atom is -0.263 e. The number of hydrazone groups is 1. The van der Waals surface area contributed by atoms with E-state index in [1.165, 1.54) is 0 Å². The van der Waals surface area contributed by atoms with Crippen molar-refractivity contribution in [2.75, 3.05) is 0 Å². The van der Waals surface area contributed by atoms with Crippen LogP contribution in [0.15, 0.2) is 5.10 Å². The molecule has 0 aliphatic heterocycles. The van der Waals surface area contributed by atoms with E-state index in [9.17, 15) is 8.22 Å². The van der Waals surface area contributed by atoms with Crippen molar-refractivity contribution in [3.05, 3.63) is 0 Å². The van der Waals surface area contributed by atoms with E-state index >= 15 is 0 Å². The highest BCUT2D eigenvalue weighted by atomic mass is 28.4. The van der Waals surface area contributed by atoms with E-state index in [1.807, 2.05) is 27.7 Å². The summed E-state index contributed by atoms with van der Waals surface area (Å²) in [7, 11) is -4.67. The Hall–Kier alpha value is -0.453. The lowest BCUT2D eigenvalue weighted by Gasteiger charge is -2.43. The van der Waals surface area contributed by atoms with Gasteiger partial charge in [0.2, 0.25) is 0 Å². The molecule has 0 spiro atoms. The molecule has 0 saturated carbocycles. The predicted octanol–water partition coefficient (Wildman–Crippen LogP) is 5.19. The van der Waals surface area contributed by atoms with E-state index in [0.29, 0.717) is 0 Å². The Kier molecular flexibility index (Phi) is 5.03. The molecule has 114 valence electrons. The normalized spacial score (nSPS) is 15.7. The zero-order valence-corrected chi connectivity index (χ0v) is 15.2. The second-order valence-electron chi connectivity index (χ2n) is 8.21. The van der Waals surface area contributed by atoms with Gasteiger partial charge in [-0.25, -0.2) is 8.22 Å². The van der Waals surface area contributed by atoms with Gasteiger partial charge >= 0.3 is 8.90 Å². The Balaban J connectivity index is 5.78. The maximum absolute atomic E-state index is 14.8. The third-order valence-electron chi connectivity index (χ3n) is 3.14. The zero-order chi connectivity index (χ0) is 15.9. The lowest BCUT2D eigenvalue weighted by Crippen LogP contribution is -2.58. The zero-order valence-electron chi connectivity index (χ0n) is 14.2. The van der Waals surface area contributed by atoms with Crippen LogP contribution in [0.2, 0.25) is 5.04 Å². The van der Waals surface area contributed by atoms with E-state index in [2.05, 4.69) is 5.10 Å². The fourth-order valence-corrected chi connectivity index (χ4v) is 3.01. The standard InChI is InChI=1S/C14H30F2N2Si/c1-11(12(2,3)4)17-18(13(5,6)7)19(15,16)14(8,9)10/h1-10H3/b17-11+. The van der Waals surface area contributed by atoms with Gasteiger partial charge in [-0.05, 0) is 27.7 Å². The summed E-state index contributed by atoms with van der Waals surface area (Å²) in [5, 5.41) is 3.28. The molecule has 0 aliphatic rings. The van der Waals surface area contributed by atoms with Crippen molar-refractivity contribution in [1.82, 2.24) is 4.67 Å². The second kappa shape index (κ2) is 5.15. The largest absolute Gasteiger partial charge is 0.558 e. The number of hydrogen-bond acceptors (Lipinski definition) is 2. The highest BCUT2D eigenvalue weighted by molar-refractivity contribution is 6.66. The summed E-state index contributed by atoms with van der Waals surface area (Å²) < 4.78 is 30.7. The summed E-state index contributed by atoms with van der Waals surface area (Å²) in [5.74, 6) is 0. The monoisotopic (exact) mass is 292 g/mol. The molecule has 0 atom stereocenters. The molecule has 0 saturated heterocycles. The van der Waals surface area contributed by atoms with Crippen LogP contribution in [-0.4, -0.2) is 24.8 Å². The van der Waals surface area contributed by atoms with Gasteiger partial charge in [-0.3, -0.25) is 4.67 Å². The highest BCUT2D eigenvalue weighted by Gasteiger charge is 2.58. The maximum Gasteiger partial charge on any atom is 0.558 e. The minimum atomic E-state index is -4.67. The average molecular weight is 292 g/mol. The molecule has 0 rings (SSSR count). The quantitative estimate of drug-likeness (QED) is 0.296. The van der Waals surface area contributed by atoms with Gasteiger partial charge in [0.15, 0.2) is 0 Å². The fourth-order valence-electron chi connectivity index (χ4n) is 1.25. The summed E-state index contributed by atoms with van der Waals surface area (Å²) in [4.78, 5) is 0. The van der Waals surface area contributed by atoms with Gasteiger partial charge in [0.05, 0.1) is 0 Å². The lowest BCUT2D eigenvalue weighted by molar-refractivity contribution is 0.183. The Morgan fingerprint density at radius 3 is 1.47 bits per heavy atom. The first-order chi connectivity index (χ1) is 8.01. The SMILES string of the molecule is C/C(=N\N(C(C)(C)C)[Si](F)(F)C(C)(C)C)C(C)(C)C. The molecule has 0 radical (unpaired) electrons. The first-order valence-corrected chi connectivity index (χ1v) is 8.45. The molecule has 0 aliphatic carbocycles. The predicted molar refractivity (Wildman–Crippen MR) is 81.8 cm³/mol.